The van der Waals surface area contributed by atoms with Crippen LogP contribution in [0.5, 0.6) is 0 Å². The Morgan fingerprint density at radius 3 is 2.40 bits per heavy atom. The summed E-state index contributed by atoms with van der Waals surface area (Å²) < 4.78 is 49.6. The highest BCUT2D eigenvalue weighted by Gasteiger charge is 2.31. The van der Waals surface area contributed by atoms with E-state index in [1.54, 1.807) is 0 Å². The lowest BCUT2D eigenvalue weighted by molar-refractivity contribution is -0.137. The lowest BCUT2D eigenvalue weighted by atomic mass is 10.2. The van der Waals surface area contributed by atoms with Crippen LogP contribution in [0.1, 0.15) is 18.9 Å². The van der Waals surface area contributed by atoms with Crippen molar-refractivity contribution in [1.29, 1.82) is 0 Å². The molecule has 84 valence electrons. The van der Waals surface area contributed by atoms with E-state index in [9.17, 15) is 17.6 Å². The predicted molar refractivity (Wildman–Crippen MR) is 50.2 cm³/mol. The summed E-state index contributed by atoms with van der Waals surface area (Å²) in [6, 6.07) is 2.47. The van der Waals surface area contributed by atoms with Crippen molar-refractivity contribution in [3.63, 3.8) is 0 Å². The summed E-state index contributed by atoms with van der Waals surface area (Å²) in [6.45, 7) is 2.41. The smallest absolute Gasteiger partial charge is 0.383 e. The zero-order chi connectivity index (χ0) is 11.5. The number of hydrogen-bond donors (Lipinski definition) is 1. The molecule has 0 amide bonds. The van der Waals surface area contributed by atoms with Crippen LogP contribution in [0.15, 0.2) is 18.2 Å². The van der Waals surface area contributed by atoms with Gasteiger partial charge in [0.05, 0.1) is 11.3 Å². The van der Waals surface area contributed by atoms with Crippen LogP contribution in [0.4, 0.5) is 23.2 Å². The Morgan fingerprint density at radius 2 is 1.93 bits per heavy atom. The van der Waals surface area contributed by atoms with Crippen LogP contribution in [0.3, 0.4) is 0 Å². The highest BCUT2D eigenvalue weighted by molar-refractivity contribution is 5.46. The van der Waals surface area contributed by atoms with E-state index in [0.717, 1.165) is 18.6 Å². The Balaban J connectivity index is 2.88. The molecule has 0 heterocycles. The highest BCUT2D eigenvalue weighted by atomic mass is 19.4. The van der Waals surface area contributed by atoms with Gasteiger partial charge in [-0.1, -0.05) is 6.92 Å². The molecule has 5 heteroatoms. The Labute approximate surface area is 85.1 Å². The second-order valence-corrected chi connectivity index (χ2v) is 3.12. The molecule has 1 aromatic rings. The summed E-state index contributed by atoms with van der Waals surface area (Å²) in [5.74, 6) is -0.877. The second-order valence-electron chi connectivity index (χ2n) is 3.12. The molecular formula is C10H11F4N. The van der Waals surface area contributed by atoms with Crippen LogP contribution < -0.4 is 5.32 Å². The molecule has 0 saturated carbocycles. The molecular weight excluding hydrogens is 210 g/mol. The summed E-state index contributed by atoms with van der Waals surface area (Å²) >= 11 is 0. The van der Waals surface area contributed by atoms with Crippen LogP contribution in [0.25, 0.3) is 0 Å². The van der Waals surface area contributed by atoms with Gasteiger partial charge in [0, 0.05) is 6.54 Å². The van der Waals surface area contributed by atoms with Crippen molar-refractivity contribution >= 4 is 5.69 Å². The molecule has 1 rings (SSSR count). The van der Waals surface area contributed by atoms with E-state index >= 15 is 0 Å². The topological polar surface area (TPSA) is 12.0 Å². The molecule has 0 spiro atoms. The van der Waals surface area contributed by atoms with Gasteiger partial charge in [-0.25, -0.2) is 4.39 Å². The first kappa shape index (κ1) is 11.8. The summed E-state index contributed by atoms with van der Waals surface area (Å²) in [5.41, 5.74) is -0.869. The van der Waals surface area contributed by atoms with Gasteiger partial charge in [-0.15, -0.1) is 0 Å². The van der Waals surface area contributed by atoms with Gasteiger partial charge in [0.15, 0.2) is 0 Å². The third-order valence-electron chi connectivity index (χ3n) is 1.86. The van der Waals surface area contributed by atoms with E-state index in [2.05, 4.69) is 5.32 Å². The molecule has 0 aliphatic heterocycles. The van der Waals surface area contributed by atoms with Crippen molar-refractivity contribution in [3.8, 4) is 0 Å². The first-order chi connectivity index (χ1) is 6.95. The molecule has 0 fully saturated rings. The molecule has 0 unspecified atom stereocenters. The normalized spacial score (nSPS) is 11.5. The van der Waals surface area contributed by atoms with Gasteiger partial charge in [0.2, 0.25) is 0 Å². The Bertz CT molecular complexity index is 333. The average Bonchev–Trinajstić information content (AvgIpc) is 2.14. The third-order valence-corrected chi connectivity index (χ3v) is 1.86. The van der Waals surface area contributed by atoms with Gasteiger partial charge < -0.3 is 5.32 Å². The van der Waals surface area contributed by atoms with Crippen molar-refractivity contribution < 1.29 is 17.6 Å². The van der Waals surface area contributed by atoms with Crippen molar-refractivity contribution in [1.82, 2.24) is 0 Å². The number of anilines is 1. The van der Waals surface area contributed by atoms with Crippen molar-refractivity contribution in [2.75, 3.05) is 11.9 Å². The monoisotopic (exact) mass is 221 g/mol. The van der Waals surface area contributed by atoms with Crippen molar-refractivity contribution in [2.45, 2.75) is 19.5 Å². The summed E-state index contributed by atoms with van der Waals surface area (Å²) in [6.07, 6.45) is -3.72. The van der Waals surface area contributed by atoms with E-state index in [4.69, 9.17) is 0 Å². The number of benzene rings is 1. The average molecular weight is 221 g/mol. The zero-order valence-electron chi connectivity index (χ0n) is 8.16. The van der Waals surface area contributed by atoms with Crippen LogP contribution in [0.2, 0.25) is 0 Å². The van der Waals surface area contributed by atoms with E-state index < -0.39 is 17.6 Å². The number of hydrogen-bond acceptors (Lipinski definition) is 1. The standard InChI is InChI=1S/C10H11F4N/c1-2-5-15-9-4-3-7(6-8(9)11)10(12,13)14/h3-4,6,15H,2,5H2,1H3. The Kier molecular flexibility index (Phi) is 3.55. The minimum Gasteiger partial charge on any atom is -0.383 e. The molecule has 0 aliphatic rings. The summed E-state index contributed by atoms with van der Waals surface area (Å²) in [4.78, 5) is 0. The van der Waals surface area contributed by atoms with Gasteiger partial charge in [0.1, 0.15) is 5.82 Å². The van der Waals surface area contributed by atoms with Gasteiger partial charge >= 0.3 is 6.18 Å². The second kappa shape index (κ2) is 4.51. The SMILES string of the molecule is CCCNc1ccc(C(F)(F)F)cc1F. The largest absolute Gasteiger partial charge is 0.416 e. The third kappa shape index (κ3) is 3.11. The van der Waals surface area contributed by atoms with E-state index in [1.807, 2.05) is 6.92 Å². The molecule has 0 aromatic heterocycles. The van der Waals surface area contributed by atoms with Gasteiger partial charge in [-0.2, -0.15) is 13.2 Å². The van der Waals surface area contributed by atoms with Gasteiger partial charge in [-0.05, 0) is 24.6 Å². The first-order valence-corrected chi connectivity index (χ1v) is 4.55. The minimum absolute atomic E-state index is 0.102. The molecule has 0 bridgehead atoms. The van der Waals surface area contributed by atoms with Gasteiger partial charge in [-0.3, -0.25) is 0 Å². The first-order valence-electron chi connectivity index (χ1n) is 4.55. The molecule has 15 heavy (non-hydrogen) atoms. The molecule has 0 atom stereocenters. The highest BCUT2D eigenvalue weighted by Crippen LogP contribution is 2.31. The maximum atomic E-state index is 13.1. The fourth-order valence-corrected chi connectivity index (χ4v) is 1.09. The van der Waals surface area contributed by atoms with Gasteiger partial charge in [0.25, 0.3) is 0 Å². The number of rotatable bonds is 3. The van der Waals surface area contributed by atoms with E-state index in [0.29, 0.717) is 12.6 Å². The predicted octanol–water partition coefficient (Wildman–Crippen LogP) is 3.67. The Morgan fingerprint density at radius 1 is 1.27 bits per heavy atom. The molecule has 0 radical (unpaired) electrons. The van der Waals surface area contributed by atoms with E-state index in [-0.39, 0.29) is 5.69 Å². The fraction of sp³-hybridized carbons (Fsp3) is 0.400. The van der Waals surface area contributed by atoms with Crippen LogP contribution in [-0.4, -0.2) is 6.54 Å². The van der Waals surface area contributed by atoms with Crippen molar-refractivity contribution in [3.05, 3.63) is 29.6 Å². The maximum absolute atomic E-state index is 13.1. The lowest BCUT2D eigenvalue weighted by Crippen LogP contribution is -2.07. The lowest BCUT2D eigenvalue weighted by Gasteiger charge is -2.10. The van der Waals surface area contributed by atoms with Crippen LogP contribution in [0, 0.1) is 5.82 Å². The molecule has 1 aromatic carbocycles. The molecule has 0 aliphatic carbocycles. The summed E-state index contributed by atoms with van der Waals surface area (Å²) in [7, 11) is 0. The number of nitrogens with one attached hydrogen (secondary N) is 1. The van der Waals surface area contributed by atoms with Crippen LogP contribution >= 0.6 is 0 Å². The number of halogens is 4. The zero-order valence-corrected chi connectivity index (χ0v) is 8.16. The van der Waals surface area contributed by atoms with E-state index in [1.165, 1.54) is 0 Å². The summed E-state index contributed by atoms with van der Waals surface area (Å²) in [5, 5.41) is 2.70. The molecule has 0 saturated heterocycles. The molecule has 1 N–H and O–H groups in total. The minimum atomic E-state index is -4.50. The van der Waals surface area contributed by atoms with Crippen molar-refractivity contribution in [2.24, 2.45) is 0 Å². The maximum Gasteiger partial charge on any atom is 0.416 e. The Hall–Kier alpha value is -1.26. The van der Waals surface area contributed by atoms with Crippen LogP contribution in [-0.2, 0) is 6.18 Å². The fourth-order valence-electron chi connectivity index (χ4n) is 1.09. The number of alkyl halides is 3. The molecule has 1 nitrogen and oxygen atoms in total. The quantitative estimate of drug-likeness (QED) is 0.768.